The van der Waals surface area contributed by atoms with Crippen LogP contribution >= 0.6 is 12.4 Å². The zero-order valence-corrected chi connectivity index (χ0v) is 18.7. The van der Waals surface area contributed by atoms with E-state index in [9.17, 15) is 9.59 Å². The lowest BCUT2D eigenvalue weighted by Crippen LogP contribution is -2.37. The lowest BCUT2D eigenvalue weighted by atomic mass is 9.89. The zero-order chi connectivity index (χ0) is 20.5. The second-order valence-corrected chi connectivity index (χ2v) is 8.89. The summed E-state index contributed by atoms with van der Waals surface area (Å²) in [7, 11) is 0. The van der Waals surface area contributed by atoms with E-state index in [1.165, 1.54) is 0 Å². The van der Waals surface area contributed by atoms with E-state index in [0.717, 1.165) is 25.1 Å². The summed E-state index contributed by atoms with van der Waals surface area (Å²) in [5.74, 6) is 1.79. The third-order valence-electron chi connectivity index (χ3n) is 6.35. The Balaban J connectivity index is 0.00000256. The van der Waals surface area contributed by atoms with Crippen molar-refractivity contribution in [2.45, 2.75) is 39.7 Å². The number of carbonyl (C=O) groups excluding carboxylic acids is 1. The first-order valence-electron chi connectivity index (χ1n) is 10.7. The molecular formula is C24H31ClN2O3. The molecule has 0 saturated carbocycles. The maximum Gasteiger partial charge on any atom is 0.349 e. The van der Waals surface area contributed by atoms with Gasteiger partial charge in [0.15, 0.2) is 0 Å². The third kappa shape index (κ3) is 4.33. The minimum atomic E-state index is -0.504. The first-order valence-corrected chi connectivity index (χ1v) is 10.7. The summed E-state index contributed by atoms with van der Waals surface area (Å²) >= 11 is 0. The lowest BCUT2D eigenvalue weighted by Gasteiger charge is -2.28. The molecule has 0 bridgehead atoms. The molecule has 2 fully saturated rings. The molecule has 3 atom stereocenters. The van der Waals surface area contributed by atoms with Crippen LogP contribution in [0.3, 0.4) is 0 Å². The Bertz CT molecular complexity index is 941. The molecule has 5 nitrogen and oxygen atoms in total. The van der Waals surface area contributed by atoms with Gasteiger partial charge in [0.25, 0.3) is 5.91 Å². The number of halogens is 1. The van der Waals surface area contributed by atoms with Gasteiger partial charge in [0.2, 0.25) is 0 Å². The second kappa shape index (κ2) is 9.36. The van der Waals surface area contributed by atoms with Gasteiger partial charge in [0.1, 0.15) is 11.3 Å². The van der Waals surface area contributed by atoms with Crippen LogP contribution in [-0.2, 0) is 6.42 Å². The molecule has 4 rings (SSSR count). The van der Waals surface area contributed by atoms with E-state index in [2.05, 4.69) is 31.3 Å². The molecule has 30 heavy (non-hydrogen) atoms. The average molecular weight is 431 g/mol. The molecule has 0 aliphatic carbocycles. The van der Waals surface area contributed by atoms with Gasteiger partial charge in [-0.1, -0.05) is 44.2 Å². The molecule has 1 N–H and O–H groups in total. The first-order chi connectivity index (χ1) is 14.0. The Morgan fingerprint density at radius 2 is 1.97 bits per heavy atom. The topological polar surface area (TPSA) is 62.6 Å². The SMILES string of the molecule is Cc1cc(CCC(C)C)oc(=O)c1C(=O)N1C[C@@H]2CNC[C@@H]2[C@@H]1c1ccccc1.Cl. The molecule has 6 heteroatoms. The van der Waals surface area contributed by atoms with E-state index in [1.54, 1.807) is 0 Å². The van der Waals surface area contributed by atoms with Crippen molar-refractivity contribution in [3.05, 3.63) is 69.3 Å². The number of hydrogen-bond acceptors (Lipinski definition) is 4. The van der Waals surface area contributed by atoms with Crippen LogP contribution in [0.5, 0.6) is 0 Å². The maximum atomic E-state index is 13.5. The number of nitrogens with zero attached hydrogens (tertiary/aromatic N) is 1. The second-order valence-electron chi connectivity index (χ2n) is 8.89. The fraction of sp³-hybridized carbons (Fsp3) is 0.500. The summed E-state index contributed by atoms with van der Waals surface area (Å²) in [5.41, 5.74) is 1.53. The molecule has 2 aromatic rings. The molecule has 2 saturated heterocycles. The standard InChI is InChI=1S/C24H30N2O3.ClH/c1-15(2)9-10-19-11-16(3)21(24(28)29-19)23(27)26-14-18-12-25-13-20(18)22(26)17-7-5-4-6-8-17;/h4-8,11,15,18,20,22,25H,9-10,12-14H2,1-3H3;1H/t18-,20-,22-;/m0./s1. The van der Waals surface area contributed by atoms with Crippen LogP contribution in [-0.4, -0.2) is 30.4 Å². The highest BCUT2D eigenvalue weighted by atomic mass is 35.5. The van der Waals surface area contributed by atoms with Crippen molar-refractivity contribution < 1.29 is 9.21 Å². The number of likely N-dealkylation sites (tertiary alicyclic amines) is 1. The molecule has 3 heterocycles. The number of rotatable bonds is 5. The van der Waals surface area contributed by atoms with Crippen LogP contribution in [0, 0.1) is 24.7 Å². The van der Waals surface area contributed by atoms with Gasteiger partial charge in [-0.15, -0.1) is 12.4 Å². The quantitative estimate of drug-likeness (QED) is 0.779. The highest BCUT2D eigenvalue weighted by molar-refractivity contribution is 5.95. The molecule has 2 aliphatic rings. The monoisotopic (exact) mass is 430 g/mol. The van der Waals surface area contributed by atoms with E-state index in [-0.39, 0.29) is 29.9 Å². The average Bonchev–Trinajstić information content (AvgIpc) is 3.27. The minimum Gasteiger partial charge on any atom is -0.427 e. The Hall–Kier alpha value is -2.11. The van der Waals surface area contributed by atoms with Crippen molar-refractivity contribution in [3.63, 3.8) is 0 Å². The van der Waals surface area contributed by atoms with Gasteiger partial charge in [-0.2, -0.15) is 0 Å². The Labute approximate surface area is 184 Å². The van der Waals surface area contributed by atoms with Gasteiger partial charge in [0.05, 0.1) is 6.04 Å². The van der Waals surface area contributed by atoms with E-state index < -0.39 is 5.63 Å². The van der Waals surface area contributed by atoms with Crippen molar-refractivity contribution >= 4 is 18.3 Å². The molecule has 1 aromatic heterocycles. The van der Waals surface area contributed by atoms with Gasteiger partial charge in [0, 0.05) is 32.0 Å². The van der Waals surface area contributed by atoms with Crippen molar-refractivity contribution in [2.75, 3.05) is 19.6 Å². The van der Waals surface area contributed by atoms with E-state index >= 15 is 0 Å². The van der Waals surface area contributed by atoms with Gasteiger partial charge in [-0.25, -0.2) is 4.79 Å². The number of hydrogen-bond donors (Lipinski definition) is 1. The molecule has 0 radical (unpaired) electrons. The van der Waals surface area contributed by atoms with Gasteiger partial charge in [-0.05, 0) is 42.4 Å². The summed E-state index contributed by atoms with van der Waals surface area (Å²) in [6.45, 7) is 8.62. The van der Waals surface area contributed by atoms with E-state index in [1.807, 2.05) is 36.1 Å². The Kier molecular flexibility index (Phi) is 7.04. The van der Waals surface area contributed by atoms with E-state index in [4.69, 9.17) is 4.42 Å². The van der Waals surface area contributed by atoms with Crippen LogP contribution in [0.4, 0.5) is 0 Å². The van der Waals surface area contributed by atoms with Crippen LogP contribution in [0.2, 0.25) is 0 Å². The summed E-state index contributed by atoms with van der Waals surface area (Å²) < 4.78 is 5.54. The number of fused-ring (bicyclic) bond motifs is 1. The van der Waals surface area contributed by atoms with Crippen LogP contribution < -0.4 is 10.9 Å². The van der Waals surface area contributed by atoms with Crippen LogP contribution in [0.25, 0.3) is 0 Å². The fourth-order valence-corrected chi connectivity index (χ4v) is 4.83. The predicted octanol–water partition coefficient (Wildman–Crippen LogP) is 3.99. The first kappa shape index (κ1) is 22.6. The summed E-state index contributed by atoms with van der Waals surface area (Å²) in [4.78, 5) is 28.2. The molecule has 1 aromatic carbocycles. The number of benzene rings is 1. The van der Waals surface area contributed by atoms with E-state index in [0.29, 0.717) is 42.0 Å². The number of amides is 1. The molecule has 162 valence electrons. The normalized spacial score (nSPS) is 22.8. The van der Waals surface area contributed by atoms with Crippen molar-refractivity contribution in [1.82, 2.24) is 10.2 Å². The van der Waals surface area contributed by atoms with Gasteiger partial charge in [-0.3, -0.25) is 4.79 Å². The minimum absolute atomic E-state index is 0. The number of aryl methyl sites for hydroxylation is 2. The van der Waals surface area contributed by atoms with Crippen molar-refractivity contribution in [2.24, 2.45) is 17.8 Å². The van der Waals surface area contributed by atoms with Gasteiger partial charge < -0.3 is 14.6 Å². The van der Waals surface area contributed by atoms with Gasteiger partial charge >= 0.3 is 5.63 Å². The highest BCUT2D eigenvalue weighted by Gasteiger charge is 2.47. The van der Waals surface area contributed by atoms with Crippen molar-refractivity contribution in [3.8, 4) is 0 Å². The molecule has 1 amide bonds. The Morgan fingerprint density at radius 3 is 2.63 bits per heavy atom. The highest BCUT2D eigenvalue weighted by Crippen LogP contribution is 2.43. The number of carbonyl (C=O) groups is 1. The summed E-state index contributed by atoms with van der Waals surface area (Å²) in [6.07, 6.45) is 1.67. The smallest absolute Gasteiger partial charge is 0.349 e. The predicted molar refractivity (Wildman–Crippen MR) is 120 cm³/mol. The summed E-state index contributed by atoms with van der Waals surface area (Å²) in [6, 6.07) is 12.0. The lowest BCUT2D eigenvalue weighted by molar-refractivity contribution is 0.0708. The maximum absolute atomic E-state index is 13.5. The zero-order valence-electron chi connectivity index (χ0n) is 17.9. The third-order valence-corrected chi connectivity index (χ3v) is 6.35. The van der Waals surface area contributed by atoms with Crippen molar-refractivity contribution in [1.29, 1.82) is 0 Å². The fourth-order valence-electron chi connectivity index (χ4n) is 4.83. The molecule has 2 aliphatic heterocycles. The molecular weight excluding hydrogens is 400 g/mol. The van der Waals surface area contributed by atoms with Crippen LogP contribution in [0.1, 0.15) is 53.6 Å². The summed E-state index contributed by atoms with van der Waals surface area (Å²) in [5, 5.41) is 3.46. The Morgan fingerprint density at radius 1 is 1.23 bits per heavy atom. The molecule has 0 spiro atoms. The largest absolute Gasteiger partial charge is 0.427 e. The molecule has 0 unspecified atom stereocenters. The number of nitrogens with one attached hydrogen (secondary N) is 1. The van der Waals surface area contributed by atoms with Crippen LogP contribution in [0.15, 0.2) is 45.6 Å².